The fraction of sp³-hybridized carbons (Fsp3) is 0.571. The zero-order chi connectivity index (χ0) is 13.1. The average molecular weight is 269 g/mol. The van der Waals surface area contributed by atoms with Crippen LogP contribution in [0, 0.1) is 0 Å². The Labute approximate surface area is 114 Å². The van der Waals surface area contributed by atoms with Crippen LogP contribution in [0.2, 0.25) is 5.02 Å². The van der Waals surface area contributed by atoms with Crippen molar-refractivity contribution in [2.24, 2.45) is 5.73 Å². The third kappa shape index (κ3) is 3.16. The Morgan fingerprint density at radius 1 is 1.50 bits per heavy atom. The van der Waals surface area contributed by atoms with E-state index in [4.69, 9.17) is 22.1 Å². The Morgan fingerprint density at radius 3 is 2.94 bits per heavy atom. The van der Waals surface area contributed by atoms with E-state index < -0.39 is 0 Å². The van der Waals surface area contributed by atoms with Gasteiger partial charge in [0.2, 0.25) is 0 Å². The van der Waals surface area contributed by atoms with Crippen molar-refractivity contribution in [2.75, 3.05) is 24.6 Å². The molecule has 18 heavy (non-hydrogen) atoms. The van der Waals surface area contributed by atoms with E-state index in [2.05, 4.69) is 24.0 Å². The maximum atomic E-state index is 6.37. The lowest BCUT2D eigenvalue weighted by molar-refractivity contribution is 0.0821. The molecule has 1 aromatic carbocycles. The van der Waals surface area contributed by atoms with E-state index in [0.29, 0.717) is 0 Å². The lowest BCUT2D eigenvalue weighted by Crippen LogP contribution is -2.30. The van der Waals surface area contributed by atoms with Crippen LogP contribution in [-0.2, 0) is 4.74 Å². The van der Waals surface area contributed by atoms with Crippen LogP contribution in [0.5, 0.6) is 0 Å². The summed E-state index contributed by atoms with van der Waals surface area (Å²) in [5, 5.41) is 0.777. The summed E-state index contributed by atoms with van der Waals surface area (Å²) in [5.74, 6) is 0. The lowest BCUT2D eigenvalue weighted by atomic mass is 10.1. The van der Waals surface area contributed by atoms with Crippen molar-refractivity contribution in [3.63, 3.8) is 0 Å². The van der Waals surface area contributed by atoms with Crippen molar-refractivity contribution in [3.8, 4) is 0 Å². The molecule has 2 atom stereocenters. The summed E-state index contributed by atoms with van der Waals surface area (Å²) in [4.78, 5) is 2.30. The second-order valence-electron chi connectivity index (χ2n) is 4.98. The number of rotatable bonds is 2. The molecule has 0 amide bonds. The first-order valence-electron chi connectivity index (χ1n) is 6.49. The molecule has 1 aromatic rings. The Hall–Kier alpha value is -0.770. The van der Waals surface area contributed by atoms with Crippen molar-refractivity contribution in [1.82, 2.24) is 0 Å². The number of hydrogen-bond acceptors (Lipinski definition) is 3. The van der Waals surface area contributed by atoms with Crippen LogP contribution >= 0.6 is 11.6 Å². The first kappa shape index (κ1) is 13.7. The van der Waals surface area contributed by atoms with Crippen LogP contribution < -0.4 is 10.6 Å². The largest absolute Gasteiger partial charge is 0.377 e. The van der Waals surface area contributed by atoms with E-state index in [-0.39, 0.29) is 12.1 Å². The van der Waals surface area contributed by atoms with Gasteiger partial charge >= 0.3 is 0 Å². The van der Waals surface area contributed by atoms with Crippen LogP contribution in [0.3, 0.4) is 0 Å². The molecule has 4 heteroatoms. The van der Waals surface area contributed by atoms with Crippen molar-refractivity contribution in [1.29, 1.82) is 0 Å². The highest BCUT2D eigenvalue weighted by molar-refractivity contribution is 6.33. The van der Waals surface area contributed by atoms with Crippen LogP contribution in [0.25, 0.3) is 0 Å². The van der Waals surface area contributed by atoms with E-state index in [1.807, 2.05) is 13.0 Å². The minimum atomic E-state index is 0.0166. The third-order valence-corrected chi connectivity index (χ3v) is 3.59. The fourth-order valence-electron chi connectivity index (χ4n) is 2.28. The summed E-state index contributed by atoms with van der Waals surface area (Å²) in [7, 11) is 0. The van der Waals surface area contributed by atoms with Gasteiger partial charge in [0.25, 0.3) is 0 Å². The molecule has 0 radical (unpaired) electrons. The monoisotopic (exact) mass is 268 g/mol. The van der Waals surface area contributed by atoms with Crippen LogP contribution in [0.15, 0.2) is 18.2 Å². The molecule has 0 aromatic heterocycles. The average Bonchev–Trinajstić information content (AvgIpc) is 2.53. The molecule has 1 unspecified atom stereocenters. The van der Waals surface area contributed by atoms with Gasteiger partial charge in [0.15, 0.2) is 0 Å². The predicted molar refractivity (Wildman–Crippen MR) is 76.3 cm³/mol. The number of halogens is 1. The summed E-state index contributed by atoms with van der Waals surface area (Å²) in [6, 6.07) is 6.11. The van der Waals surface area contributed by atoms with Crippen molar-refractivity contribution >= 4 is 17.3 Å². The van der Waals surface area contributed by atoms with Gasteiger partial charge in [-0.3, -0.25) is 0 Å². The highest BCUT2D eigenvalue weighted by Gasteiger charge is 2.17. The first-order chi connectivity index (χ1) is 8.58. The van der Waals surface area contributed by atoms with Gasteiger partial charge in [-0.2, -0.15) is 0 Å². The number of hydrogen-bond donors (Lipinski definition) is 1. The zero-order valence-corrected chi connectivity index (χ0v) is 11.8. The summed E-state index contributed by atoms with van der Waals surface area (Å²) in [6.45, 7) is 6.77. The van der Waals surface area contributed by atoms with Gasteiger partial charge in [0, 0.05) is 25.7 Å². The number of benzene rings is 1. The Balaban J connectivity index is 2.21. The molecule has 0 aliphatic carbocycles. The smallest absolute Gasteiger partial charge is 0.0721 e. The van der Waals surface area contributed by atoms with Crippen molar-refractivity contribution in [3.05, 3.63) is 28.8 Å². The molecule has 1 aliphatic heterocycles. The molecule has 2 rings (SSSR count). The topological polar surface area (TPSA) is 38.5 Å². The standard InChI is InChI=1S/C14H21ClN2O/c1-10-9-17(6-3-7-18-10)14-5-4-12(11(2)16)8-13(14)15/h4-5,8,10-11H,3,6-7,9,16H2,1-2H3/t10?,11-/m0/s1. The zero-order valence-electron chi connectivity index (χ0n) is 11.0. The molecule has 100 valence electrons. The van der Waals surface area contributed by atoms with Gasteiger partial charge < -0.3 is 15.4 Å². The highest BCUT2D eigenvalue weighted by Crippen LogP contribution is 2.29. The van der Waals surface area contributed by atoms with E-state index >= 15 is 0 Å². The number of ether oxygens (including phenoxy) is 1. The molecular weight excluding hydrogens is 248 g/mol. The normalized spacial score (nSPS) is 22.7. The van der Waals surface area contributed by atoms with Crippen LogP contribution in [-0.4, -0.2) is 25.8 Å². The van der Waals surface area contributed by atoms with Gasteiger partial charge in [-0.15, -0.1) is 0 Å². The maximum Gasteiger partial charge on any atom is 0.0721 e. The number of nitrogens with two attached hydrogens (primary N) is 1. The molecule has 1 heterocycles. The molecule has 1 saturated heterocycles. The number of nitrogens with zero attached hydrogens (tertiary/aromatic N) is 1. The van der Waals surface area contributed by atoms with E-state index in [9.17, 15) is 0 Å². The van der Waals surface area contributed by atoms with Crippen molar-refractivity contribution in [2.45, 2.75) is 32.4 Å². The SMILES string of the molecule is CC1CN(c2ccc([C@H](C)N)cc2Cl)CCCO1. The third-order valence-electron chi connectivity index (χ3n) is 3.29. The van der Waals surface area contributed by atoms with Gasteiger partial charge in [-0.05, 0) is 38.0 Å². The summed E-state index contributed by atoms with van der Waals surface area (Å²) >= 11 is 6.37. The minimum absolute atomic E-state index is 0.0166. The Kier molecular flexibility index (Phi) is 4.49. The predicted octanol–water partition coefficient (Wildman–Crippen LogP) is 2.97. The molecule has 0 saturated carbocycles. The van der Waals surface area contributed by atoms with Gasteiger partial charge in [-0.25, -0.2) is 0 Å². The maximum absolute atomic E-state index is 6.37. The first-order valence-corrected chi connectivity index (χ1v) is 6.87. The molecule has 1 fully saturated rings. The van der Waals surface area contributed by atoms with E-state index in [0.717, 1.165) is 42.4 Å². The van der Waals surface area contributed by atoms with Crippen LogP contribution in [0.4, 0.5) is 5.69 Å². The van der Waals surface area contributed by atoms with Gasteiger partial charge in [-0.1, -0.05) is 17.7 Å². The molecular formula is C14H21ClN2O. The molecule has 3 nitrogen and oxygen atoms in total. The minimum Gasteiger partial charge on any atom is -0.377 e. The van der Waals surface area contributed by atoms with E-state index in [1.54, 1.807) is 0 Å². The van der Waals surface area contributed by atoms with Crippen LogP contribution in [0.1, 0.15) is 31.9 Å². The van der Waals surface area contributed by atoms with Crippen molar-refractivity contribution < 1.29 is 4.74 Å². The Morgan fingerprint density at radius 2 is 2.28 bits per heavy atom. The summed E-state index contributed by atoms with van der Waals surface area (Å²) < 4.78 is 5.65. The molecule has 2 N–H and O–H groups in total. The molecule has 0 bridgehead atoms. The second kappa shape index (κ2) is 5.91. The highest BCUT2D eigenvalue weighted by atomic mass is 35.5. The van der Waals surface area contributed by atoms with Gasteiger partial charge in [0.05, 0.1) is 16.8 Å². The number of anilines is 1. The Bertz CT molecular complexity index is 409. The lowest BCUT2D eigenvalue weighted by Gasteiger charge is -2.26. The van der Waals surface area contributed by atoms with E-state index in [1.165, 1.54) is 0 Å². The molecule has 1 aliphatic rings. The summed E-state index contributed by atoms with van der Waals surface area (Å²) in [6.07, 6.45) is 1.28. The fourth-order valence-corrected chi connectivity index (χ4v) is 2.58. The second-order valence-corrected chi connectivity index (χ2v) is 5.39. The van der Waals surface area contributed by atoms with Gasteiger partial charge in [0.1, 0.15) is 0 Å². The summed E-state index contributed by atoms with van der Waals surface area (Å²) in [5.41, 5.74) is 8.02. The molecule has 0 spiro atoms. The quantitative estimate of drug-likeness (QED) is 0.896.